The van der Waals surface area contributed by atoms with Crippen molar-refractivity contribution in [1.29, 1.82) is 0 Å². The Balaban J connectivity index is 1.56. The fourth-order valence-corrected chi connectivity index (χ4v) is 8.42. The zero-order valence-electron chi connectivity index (χ0n) is 17.3. The minimum Gasteiger partial charge on any atom is -0.481 e. The fourth-order valence-electron chi connectivity index (χ4n) is 8.42. The Kier molecular flexibility index (Phi) is 4.91. The Morgan fingerprint density at radius 1 is 1.07 bits per heavy atom. The summed E-state index contributed by atoms with van der Waals surface area (Å²) in [6.45, 7) is 4.89. The lowest BCUT2D eigenvalue weighted by atomic mass is 9.42. The lowest BCUT2D eigenvalue weighted by Crippen LogP contribution is -2.68. The summed E-state index contributed by atoms with van der Waals surface area (Å²) in [5.41, 5.74) is 7.25. The number of fused-ring (bicyclic) bond motifs is 5. The molecule has 0 bridgehead atoms. The predicted molar refractivity (Wildman–Crippen MR) is 106 cm³/mol. The number of hydrogen-bond acceptors (Lipinski definition) is 3. The van der Waals surface area contributed by atoms with Gasteiger partial charge < -0.3 is 15.9 Å². The van der Waals surface area contributed by atoms with Gasteiger partial charge in [0, 0.05) is 12.0 Å². The molecule has 4 aliphatic carbocycles. The van der Waals surface area contributed by atoms with Crippen molar-refractivity contribution in [3.05, 3.63) is 0 Å². The van der Waals surface area contributed by atoms with Crippen molar-refractivity contribution in [2.75, 3.05) is 0 Å². The molecule has 0 aromatic rings. The molecule has 4 saturated carbocycles. The van der Waals surface area contributed by atoms with Crippen molar-refractivity contribution in [1.82, 2.24) is 0 Å². The maximum Gasteiger partial charge on any atom is 0.303 e. The first-order chi connectivity index (χ1) is 12.7. The van der Waals surface area contributed by atoms with Gasteiger partial charge >= 0.3 is 5.97 Å². The molecule has 4 rings (SSSR count). The van der Waals surface area contributed by atoms with Crippen LogP contribution in [0.1, 0.15) is 90.9 Å². The number of aliphatic carboxylic acids is 1. The highest BCUT2D eigenvalue weighted by Gasteiger charge is 2.65. The second-order valence-electron chi connectivity index (χ2n) is 10.9. The average molecular weight is 378 g/mol. The summed E-state index contributed by atoms with van der Waals surface area (Å²) < 4.78 is 0. The third-order valence-corrected chi connectivity index (χ3v) is 10.0. The number of hydrogen-bond donors (Lipinski definition) is 3. The number of carbonyl (C=O) groups is 1. The third kappa shape index (κ3) is 2.88. The van der Waals surface area contributed by atoms with Crippen molar-refractivity contribution in [3.8, 4) is 0 Å². The van der Waals surface area contributed by atoms with Crippen LogP contribution >= 0.6 is 0 Å². The Hall–Kier alpha value is -0.610. The van der Waals surface area contributed by atoms with Crippen LogP contribution in [0.2, 0.25) is 0 Å². The molecule has 0 aliphatic heterocycles. The zero-order chi connectivity index (χ0) is 19.4. The number of rotatable bonds is 4. The van der Waals surface area contributed by atoms with Crippen molar-refractivity contribution in [2.45, 2.75) is 103 Å². The van der Waals surface area contributed by atoms with Crippen LogP contribution < -0.4 is 5.73 Å². The van der Waals surface area contributed by atoms with Crippen molar-refractivity contribution >= 4 is 5.97 Å². The monoisotopic (exact) mass is 377 g/mol. The fraction of sp³-hybridized carbons (Fsp3) is 0.957. The van der Waals surface area contributed by atoms with Gasteiger partial charge in [-0.1, -0.05) is 26.7 Å². The molecule has 0 saturated heterocycles. The standard InChI is InChI=1S/C23H39NO3/c1-21-13-10-17-20(16(21)9-8-15(21)6-5-7-19(26)27)18(25)14-23(24)12-4-3-11-22(17,23)2/h15-18,20,25H,3-14,24H2,1-2H3,(H,26,27). The first kappa shape index (κ1) is 19.7. The molecule has 4 nitrogen and oxygen atoms in total. The van der Waals surface area contributed by atoms with E-state index in [-0.39, 0.29) is 22.5 Å². The number of carboxylic acids is 1. The van der Waals surface area contributed by atoms with Gasteiger partial charge in [0.15, 0.2) is 0 Å². The Labute approximate surface area is 164 Å². The molecule has 0 amide bonds. The van der Waals surface area contributed by atoms with E-state index in [1.807, 2.05) is 0 Å². The van der Waals surface area contributed by atoms with E-state index in [2.05, 4.69) is 13.8 Å². The maximum atomic E-state index is 11.3. The van der Waals surface area contributed by atoms with Crippen molar-refractivity contribution < 1.29 is 15.0 Å². The van der Waals surface area contributed by atoms with E-state index in [9.17, 15) is 9.90 Å². The summed E-state index contributed by atoms with van der Waals surface area (Å²) in [4.78, 5) is 10.9. The van der Waals surface area contributed by atoms with Gasteiger partial charge in [0.2, 0.25) is 0 Å². The molecule has 4 N–H and O–H groups in total. The van der Waals surface area contributed by atoms with E-state index < -0.39 is 5.97 Å². The van der Waals surface area contributed by atoms with Gasteiger partial charge in [-0.05, 0) is 92.3 Å². The van der Waals surface area contributed by atoms with E-state index >= 15 is 0 Å². The SMILES string of the molecule is CC12CCC3C(C(O)CC4(N)CCCCC34C)C1CCC2CCCC(=O)O. The molecule has 0 aromatic carbocycles. The number of aliphatic hydroxyl groups is 1. The lowest BCUT2D eigenvalue weighted by Gasteiger charge is -2.65. The van der Waals surface area contributed by atoms with E-state index in [0.717, 1.165) is 25.7 Å². The maximum absolute atomic E-state index is 11.3. The lowest BCUT2D eigenvalue weighted by molar-refractivity contribution is -0.171. The summed E-state index contributed by atoms with van der Waals surface area (Å²) in [5, 5.41) is 20.3. The minimum atomic E-state index is -0.675. The van der Waals surface area contributed by atoms with Gasteiger partial charge in [-0.15, -0.1) is 0 Å². The van der Waals surface area contributed by atoms with Crippen LogP contribution in [-0.2, 0) is 4.79 Å². The molecule has 0 aromatic heterocycles. The molecule has 154 valence electrons. The van der Waals surface area contributed by atoms with Crippen molar-refractivity contribution in [2.24, 2.45) is 40.2 Å². The molecule has 8 atom stereocenters. The highest BCUT2D eigenvalue weighted by atomic mass is 16.4. The Morgan fingerprint density at radius 3 is 2.56 bits per heavy atom. The molecule has 0 heterocycles. The number of aliphatic hydroxyl groups excluding tert-OH is 1. The first-order valence-electron chi connectivity index (χ1n) is 11.4. The molecule has 27 heavy (non-hydrogen) atoms. The average Bonchev–Trinajstić information content (AvgIpc) is 2.92. The second-order valence-corrected chi connectivity index (χ2v) is 10.9. The van der Waals surface area contributed by atoms with Gasteiger partial charge in [-0.25, -0.2) is 0 Å². The highest BCUT2D eigenvalue weighted by Crippen LogP contribution is 2.68. The van der Waals surface area contributed by atoms with Crippen molar-refractivity contribution in [3.63, 3.8) is 0 Å². The number of nitrogens with two attached hydrogens (primary N) is 1. The first-order valence-corrected chi connectivity index (χ1v) is 11.4. The smallest absolute Gasteiger partial charge is 0.303 e. The van der Waals surface area contributed by atoms with Crippen LogP contribution in [0.4, 0.5) is 0 Å². The molecule has 0 radical (unpaired) electrons. The summed E-state index contributed by atoms with van der Waals surface area (Å²) in [7, 11) is 0. The molecule has 4 aliphatic rings. The molecule has 4 fully saturated rings. The van der Waals surface area contributed by atoms with E-state index in [4.69, 9.17) is 10.8 Å². The molecular formula is C23H39NO3. The van der Waals surface area contributed by atoms with Gasteiger partial charge in [-0.3, -0.25) is 4.79 Å². The number of carboxylic acid groups (broad SMARTS) is 1. The Bertz CT molecular complexity index is 594. The normalized spacial score (nSPS) is 51.9. The van der Waals surface area contributed by atoms with E-state index in [1.54, 1.807) is 0 Å². The van der Waals surface area contributed by atoms with Crippen LogP contribution in [0.15, 0.2) is 0 Å². The van der Waals surface area contributed by atoms with Crippen LogP contribution in [0.3, 0.4) is 0 Å². The summed E-state index contributed by atoms with van der Waals surface area (Å²) >= 11 is 0. The van der Waals surface area contributed by atoms with E-state index in [1.165, 1.54) is 44.9 Å². The second kappa shape index (κ2) is 6.73. The van der Waals surface area contributed by atoms with Crippen LogP contribution in [0.25, 0.3) is 0 Å². The van der Waals surface area contributed by atoms with Gasteiger partial charge in [0.25, 0.3) is 0 Å². The molecule has 8 unspecified atom stereocenters. The molecule has 0 spiro atoms. The summed E-state index contributed by atoms with van der Waals surface area (Å²) in [6.07, 6.45) is 12.3. The van der Waals surface area contributed by atoms with Gasteiger partial charge in [0.1, 0.15) is 0 Å². The van der Waals surface area contributed by atoms with Crippen LogP contribution in [0, 0.1) is 34.5 Å². The van der Waals surface area contributed by atoms with E-state index in [0.29, 0.717) is 30.1 Å². The summed E-state index contributed by atoms with van der Waals surface area (Å²) in [5.74, 6) is 1.49. The molecular weight excluding hydrogens is 338 g/mol. The molecule has 4 heteroatoms. The predicted octanol–water partition coefficient (Wildman–Crippen LogP) is 4.34. The largest absolute Gasteiger partial charge is 0.481 e. The van der Waals surface area contributed by atoms with Crippen LogP contribution in [-0.4, -0.2) is 27.8 Å². The zero-order valence-corrected chi connectivity index (χ0v) is 17.3. The highest BCUT2D eigenvalue weighted by molar-refractivity contribution is 5.66. The minimum absolute atomic E-state index is 0.178. The van der Waals surface area contributed by atoms with Crippen LogP contribution in [0.5, 0.6) is 0 Å². The third-order valence-electron chi connectivity index (χ3n) is 10.0. The summed E-state index contributed by atoms with van der Waals surface area (Å²) in [6, 6.07) is 0. The van der Waals surface area contributed by atoms with Gasteiger partial charge in [-0.2, -0.15) is 0 Å². The topological polar surface area (TPSA) is 83.5 Å². The quantitative estimate of drug-likeness (QED) is 0.680. The Morgan fingerprint density at radius 2 is 1.81 bits per heavy atom. The van der Waals surface area contributed by atoms with Gasteiger partial charge in [0.05, 0.1) is 6.10 Å².